The number of carbonyl (C=O) groups excluding carboxylic acids is 2. The van der Waals surface area contributed by atoms with E-state index in [9.17, 15) is 9.59 Å². The van der Waals surface area contributed by atoms with Crippen LogP contribution in [0.1, 0.15) is 27.3 Å². The Kier molecular flexibility index (Phi) is 8.07. The first-order chi connectivity index (χ1) is 17.4. The van der Waals surface area contributed by atoms with Gasteiger partial charge in [0.2, 0.25) is 5.91 Å². The molecule has 1 N–H and O–H groups in total. The summed E-state index contributed by atoms with van der Waals surface area (Å²) in [6.07, 6.45) is 0. The lowest BCUT2D eigenvalue weighted by molar-refractivity contribution is -0.113. The van der Waals surface area contributed by atoms with Gasteiger partial charge in [-0.25, -0.2) is 4.79 Å². The molecule has 0 radical (unpaired) electrons. The summed E-state index contributed by atoms with van der Waals surface area (Å²) in [5, 5.41) is 14.1. The third kappa shape index (κ3) is 5.95. The van der Waals surface area contributed by atoms with Crippen molar-refractivity contribution in [2.24, 2.45) is 7.05 Å². The molecule has 0 aliphatic rings. The molecule has 8 nitrogen and oxygen atoms in total. The van der Waals surface area contributed by atoms with Gasteiger partial charge in [0.1, 0.15) is 22.9 Å². The van der Waals surface area contributed by atoms with Crippen LogP contribution in [0.2, 0.25) is 0 Å². The van der Waals surface area contributed by atoms with Crippen molar-refractivity contribution in [1.82, 2.24) is 14.8 Å². The SMILES string of the molecule is COC(=O)c1c(-c2ccc(C)cc2)csc1NC(=O)CSc1nnc(COc2ccc(C)cc2)n1C. The molecule has 0 spiro atoms. The monoisotopic (exact) mass is 522 g/mol. The number of anilines is 1. The van der Waals surface area contributed by atoms with Gasteiger partial charge in [-0.1, -0.05) is 59.3 Å². The zero-order valence-corrected chi connectivity index (χ0v) is 22.0. The topological polar surface area (TPSA) is 95.3 Å². The van der Waals surface area contributed by atoms with Crippen molar-refractivity contribution in [1.29, 1.82) is 0 Å². The van der Waals surface area contributed by atoms with Crippen molar-refractivity contribution in [2.45, 2.75) is 25.6 Å². The molecule has 1 amide bonds. The van der Waals surface area contributed by atoms with E-state index in [-0.39, 0.29) is 18.3 Å². The van der Waals surface area contributed by atoms with Crippen molar-refractivity contribution in [3.05, 3.63) is 76.4 Å². The fourth-order valence-electron chi connectivity index (χ4n) is 3.37. The molecule has 2 heterocycles. The Morgan fingerprint density at radius 3 is 2.36 bits per heavy atom. The second-order valence-electron chi connectivity index (χ2n) is 8.11. The second kappa shape index (κ2) is 11.4. The summed E-state index contributed by atoms with van der Waals surface area (Å²) < 4.78 is 12.6. The molecule has 0 atom stereocenters. The highest BCUT2D eigenvalue weighted by Crippen LogP contribution is 2.36. The molecule has 0 aliphatic carbocycles. The van der Waals surface area contributed by atoms with E-state index in [0.29, 0.717) is 21.5 Å². The van der Waals surface area contributed by atoms with Crippen molar-refractivity contribution < 1.29 is 19.1 Å². The van der Waals surface area contributed by atoms with Gasteiger partial charge in [0.25, 0.3) is 0 Å². The number of thiophene rings is 1. The van der Waals surface area contributed by atoms with Gasteiger partial charge in [0.15, 0.2) is 11.0 Å². The summed E-state index contributed by atoms with van der Waals surface area (Å²) >= 11 is 2.54. The molecule has 0 fully saturated rings. The first-order valence-electron chi connectivity index (χ1n) is 11.1. The maximum atomic E-state index is 12.7. The third-order valence-electron chi connectivity index (χ3n) is 5.44. The highest BCUT2D eigenvalue weighted by molar-refractivity contribution is 7.99. The highest BCUT2D eigenvalue weighted by atomic mass is 32.2. The number of hydrogen-bond acceptors (Lipinski definition) is 8. The largest absolute Gasteiger partial charge is 0.486 e. The summed E-state index contributed by atoms with van der Waals surface area (Å²) in [7, 11) is 3.16. The summed E-state index contributed by atoms with van der Waals surface area (Å²) in [5.41, 5.74) is 4.23. The predicted molar refractivity (Wildman–Crippen MR) is 142 cm³/mol. The first kappa shape index (κ1) is 25.5. The molecule has 0 saturated heterocycles. The number of aromatic nitrogens is 3. The van der Waals surface area contributed by atoms with Crippen LogP contribution in [-0.4, -0.2) is 39.5 Å². The normalized spacial score (nSPS) is 10.8. The van der Waals surface area contributed by atoms with Gasteiger partial charge in [0.05, 0.1) is 12.9 Å². The third-order valence-corrected chi connectivity index (χ3v) is 7.36. The quantitative estimate of drug-likeness (QED) is 0.237. The van der Waals surface area contributed by atoms with Crippen LogP contribution < -0.4 is 10.1 Å². The van der Waals surface area contributed by atoms with E-state index in [0.717, 1.165) is 28.0 Å². The average Bonchev–Trinajstić information content (AvgIpc) is 3.45. The van der Waals surface area contributed by atoms with Crippen molar-refractivity contribution in [2.75, 3.05) is 18.2 Å². The van der Waals surface area contributed by atoms with Crippen LogP contribution in [0.15, 0.2) is 59.1 Å². The Bertz CT molecular complexity index is 1360. The fourth-order valence-corrected chi connectivity index (χ4v) is 5.08. The Morgan fingerprint density at radius 1 is 1.03 bits per heavy atom. The number of hydrogen-bond donors (Lipinski definition) is 1. The van der Waals surface area contributed by atoms with Gasteiger partial charge in [-0.15, -0.1) is 21.5 Å². The molecular formula is C26H26N4O4S2. The summed E-state index contributed by atoms with van der Waals surface area (Å²) in [6, 6.07) is 15.6. The van der Waals surface area contributed by atoms with E-state index in [1.54, 1.807) is 4.57 Å². The molecule has 0 unspecified atom stereocenters. The number of carbonyl (C=O) groups is 2. The first-order valence-corrected chi connectivity index (χ1v) is 13.0. The Hall–Kier alpha value is -3.63. The van der Waals surface area contributed by atoms with E-state index in [1.165, 1.54) is 30.2 Å². The molecule has 186 valence electrons. The average molecular weight is 523 g/mol. The van der Waals surface area contributed by atoms with Crippen molar-refractivity contribution >= 4 is 40.0 Å². The number of esters is 1. The number of nitrogens with zero attached hydrogens (tertiary/aromatic N) is 3. The zero-order chi connectivity index (χ0) is 25.7. The summed E-state index contributed by atoms with van der Waals surface area (Å²) in [5.74, 6) is 0.736. The van der Waals surface area contributed by atoms with E-state index in [2.05, 4.69) is 15.5 Å². The fraction of sp³-hybridized carbons (Fsp3) is 0.231. The second-order valence-corrected chi connectivity index (χ2v) is 9.93. The van der Waals surface area contributed by atoms with Crippen LogP contribution >= 0.6 is 23.1 Å². The molecule has 4 aromatic rings. The number of thioether (sulfide) groups is 1. The zero-order valence-electron chi connectivity index (χ0n) is 20.4. The highest BCUT2D eigenvalue weighted by Gasteiger charge is 2.22. The smallest absolute Gasteiger partial charge is 0.341 e. The minimum Gasteiger partial charge on any atom is -0.486 e. The lowest BCUT2D eigenvalue weighted by Crippen LogP contribution is -2.16. The predicted octanol–water partition coefficient (Wildman–Crippen LogP) is 5.26. The standard InChI is InChI=1S/C26H26N4O4S2/c1-16-5-9-18(10-6-16)20-14-35-24(23(20)25(32)33-4)27-22(31)15-36-26-29-28-21(30(26)3)13-34-19-11-7-17(2)8-12-19/h5-12,14H,13,15H2,1-4H3,(H,27,31). The molecule has 2 aromatic carbocycles. The molecule has 36 heavy (non-hydrogen) atoms. The number of methoxy groups -OCH3 is 1. The molecule has 0 aliphatic heterocycles. The molecule has 2 aromatic heterocycles. The molecular weight excluding hydrogens is 496 g/mol. The Labute approximate surface area is 217 Å². The molecule has 4 rings (SSSR count). The van der Waals surface area contributed by atoms with Crippen LogP contribution in [0.25, 0.3) is 11.1 Å². The van der Waals surface area contributed by atoms with E-state index < -0.39 is 5.97 Å². The number of benzene rings is 2. The Balaban J connectivity index is 1.39. The number of rotatable bonds is 9. The van der Waals surface area contributed by atoms with Crippen molar-refractivity contribution in [3.63, 3.8) is 0 Å². The molecule has 10 heteroatoms. The maximum Gasteiger partial charge on any atom is 0.341 e. The summed E-state index contributed by atoms with van der Waals surface area (Å²) in [4.78, 5) is 25.3. The number of ether oxygens (including phenoxy) is 2. The number of aryl methyl sites for hydroxylation is 2. The van der Waals surface area contributed by atoms with E-state index in [1.807, 2.05) is 74.8 Å². The van der Waals surface area contributed by atoms with Crippen LogP contribution in [0.3, 0.4) is 0 Å². The van der Waals surface area contributed by atoms with E-state index in [4.69, 9.17) is 9.47 Å². The Morgan fingerprint density at radius 2 is 1.69 bits per heavy atom. The number of nitrogens with one attached hydrogen (secondary N) is 1. The minimum atomic E-state index is -0.499. The molecule has 0 bridgehead atoms. The van der Waals surface area contributed by atoms with E-state index >= 15 is 0 Å². The lowest BCUT2D eigenvalue weighted by atomic mass is 10.0. The lowest BCUT2D eigenvalue weighted by Gasteiger charge is -2.08. The van der Waals surface area contributed by atoms with Crippen molar-refractivity contribution in [3.8, 4) is 16.9 Å². The van der Waals surface area contributed by atoms with Gasteiger partial charge in [-0.3, -0.25) is 4.79 Å². The van der Waals surface area contributed by atoms with Crippen LogP contribution in [0.5, 0.6) is 5.75 Å². The van der Waals surface area contributed by atoms with Gasteiger partial charge >= 0.3 is 5.97 Å². The van der Waals surface area contributed by atoms with Gasteiger partial charge in [-0.2, -0.15) is 0 Å². The number of amides is 1. The van der Waals surface area contributed by atoms with Gasteiger partial charge < -0.3 is 19.4 Å². The maximum absolute atomic E-state index is 12.7. The van der Waals surface area contributed by atoms with Crippen LogP contribution in [0, 0.1) is 13.8 Å². The summed E-state index contributed by atoms with van der Waals surface area (Å²) in [6.45, 7) is 4.28. The minimum absolute atomic E-state index is 0.100. The van der Waals surface area contributed by atoms with Gasteiger partial charge in [0, 0.05) is 18.0 Å². The van der Waals surface area contributed by atoms with Crippen LogP contribution in [-0.2, 0) is 23.2 Å². The van der Waals surface area contributed by atoms with Gasteiger partial charge in [-0.05, 0) is 31.5 Å². The molecule has 0 saturated carbocycles. The van der Waals surface area contributed by atoms with Crippen LogP contribution in [0.4, 0.5) is 5.00 Å².